The molecule has 4 heteroatoms. The normalized spacial score (nSPS) is 10.8. The van der Waals surface area contributed by atoms with Crippen molar-refractivity contribution in [1.29, 1.82) is 0 Å². The van der Waals surface area contributed by atoms with E-state index in [0.717, 1.165) is 16.7 Å². The molecule has 0 fully saturated rings. The summed E-state index contributed by atoms with van der Waals surface area (Å²) in [6.07, 6.45) is 0. The van der Waals surface area contributed by atoms with Crippen LogP contribution in [0.1, 0.15) is 5.69 Å². The molecule has 0 spiro atoms. The minimum absolute atomic E-state index is 0.00741. The third-order valence-corrected chi connectivity index (χ3v) is 1.99. The number of rotatable bonds is 0. The van der Waals surface area contributed by atoms with E-state index in [1.54, 1.807) is 17.7 Å². The molecule has 0 atom stereocenters. The van der Waals surface area contributed by atoms with E-state index in [2.05, 4.69) is 10.2 Å². The fraction of sp³-hybridized carbons (Fsp3) is 0.250. The van der Waals surface area contributed by atoms with E-state index in [0.29, 0.717) is 0 Å². The molecule has 0 amide bonds. The van der Waals surface area contributed by atoms with E-state index in [-0.39, 0.29) is 5.56 Å². The summed E-state index contributed by atoms with van der Waals surface area (Å²) < 4.78 is 1.59. The summed E-state index contributed by atoms with van der Waals surface area (Å²) >= 11 is 0. The SMILES string of the molecule is Cc1[nH]nc2ccc(=O)n(C)c12. The van der Waals surface area contributed by atoms with Crippen molar-refractivity contribution in [3.63, 3.8) is 0 Å². The molecule has 0 saturated carbocycles. The lowest BCUT2D eigenvalue weighted by atomic mass is 10.3. The van der Waals surface area contributed by atoms with Crippen LogP contribution in [-0.4, -0.2) is 14.8 Å². The van der Waals surface area contributed by atoms with Crippen LogP contribution in [0.25, 0.3) is 11.0 Å². The van der Waals surface area contributed by atoms with Crippen LogP contribution >= 0.6 is 0 Å². The standard InChI is InChI=1S/C8H9N3O/c1-5-8-6(10-9-5)3-4-7(12)11(8)2/h3-4H,1-2H3,(H,9,10). The van der Waals surface area contributed by atoms with Gasteiger partial charge in [0, 0.05) is 13.1 Å². The molecule has 0 aliphatic carbocycles. The van der Waals surface area contributed by atoms with Gasteiger partial charge in [0.15, 0.2) is 0 Å². The van der Waals surface area contributed by atoms with Crippen LogP contribution in [0, 0.1) is 6.92 Å². The Kier molecular flexibility index (Phi) is 1.30. The Hall–Kier alpha value is -1.58. The van der Waals surface area contributed by atoms with Gasteiger partial charge in [-0.1, -0.05) is 0 Å². The highest BCUT2D eigenvalue weighted by Gasteiger charge is 2.04. The summed E-state index contributed by atoms with van der Waals surface area (Å²) in [5.41, 5.74) is 2.62. The molecule has 2 rings (SSSR count). The van der Waals surface area contributed by atoms with Crippen LogP contribution in [0.3, 0.4) is 0 Å². The molecule has 1 N–H and O–H groups in total. The molecule has 0 bridgehead atoms. The third kappa shape index (κ3) is 0.777. The molecule has 62 valence electrons. The lowest BCUT2D eigenvalue weighted by molar-refractivity contribution is 0.901. The second kappa shape index (κ2) is 2.20. The van der Waals surface area contributed by atoms with E-state index < -0.39 is 0 Å². The summed E-state index contributed by atoms with van der Waals surface area (Å²) in [7, 11) is 1.74. The number of hydrogen-bond acceptors (Lipinski definition) is 2. The highest BCUT2D eigenvalue weighted by Crippen LogP contribution is 2.10. The highest BCUT2D eigenvalue weighted by molar-refractivity contribution is 5.76. The van der Waals surface area contributed by atoms with Gasteiger partial charge in [-0.3, -0.25) is 9.89 Å². The molecule has 0 aliphatic heterocycles. The molecule has 0 aromatic carbocycles. The summed E-state index contributed by atoms with van der Waals surface area (Å²) in [4.78, 5) is 11.2. The molecule has 0 radical (unpaired) electrons. The predicted molar refractivity (Wildman–Crippen MR) is 46.1 cm³/mol. The average Bonchev–Trinajstić information content (AvgIpc) is 2.41. The van der Waals surface area contributed by atoms with Crippen LogP contribution in [-0.2, 0) is 7.05 Å². The van der Waals surface area contributed by atoms with E-state index in [9.17, 15) is 4.79 Å². The molecular formula is C8H9N3O. The topological polar surface area (TPSA) is 50.7 Å². The quantitative estimate of drug-likeness (QED) is 0.617. The molecular weight excluding hydrogens is 154 g/mol. The molecule has 0 saturated heterocycles. The summed E-state index contributed by atoms with van der Waals surface area (Å²) in [6, 6.07) is 3.24. The van der Waals surface area contributed by atoms with Crippen molar-refractivity contribution in [2.75, 3.05) is 0 Å². The number of nitrogens with zero attached hydrogens (tertiary/aromatic N) is 2. The molecule has 0 unspecified atom stereocenters. The first-order valence-electron chi connectivity index (χ1n) is 3.71. The van der Waals surface area contributed by atoms with Crippen LogP contribution in [0.15, 0.2) is 16.9 Å². The Bertz CT molecular complexity index is 480. The Morgan fingerprint density at radius 2 is 2.25 bits per heavy atom. The van der Waals surface area contributed by atoms with Gasteiger partial charge in [-0.15, -0.1) is 0 Å². The molecule has 12 heavy (non-hydrogen) atoms. The second-order valence-electron chi connectivity index (χ2n) is 2.81. The Morgan fingerprint density at radius 1 is 1.50 bits per heavy atom. The van der Waals surface area contributed by atoms with Crippen molar-refractivity contribution < 1.29 is 0 Å². The van der Waals surface area contributed by atoms with Gasteiger partial charge in [0.1, 0.15) is 5.52 Å². The van der Waals surface area contributed by atoms with Gasteiger partial charge in [-0.2, -0.15) is 5.10 Å². The smallest absolute Gasteiger partial charge is 0.250 e. The van der Waals surface area contributed by atoms with Gasteiger partial charge in [0.25, 0.3) is 5.56 Å². The van der Waals surface area contributed by atoms with Gasteiger partial charge in [0.2, 0.25) is 0 Å². The fourth-order valence-electron chi connectivity index (χ4n) is 1.35. The molecule has 4 nitrogen and oxygen atoms in total. The van der Waals surface area contributed by atoms with Crippen LogP contribution in [0.4, 0.5) is 0 Å². The van der Waals surface area contributed by atoms with Crippen molar-refractivity contribution in [3.8, 4) is 0 Å². The predicted octanol–water partition coefficient (Wildman–Crippen LogP) is 0.570. The first kappa shape index (κ1) is 7.09. The maximum absolute atomic E-state index is 11.2. The maximum atomic E-state index is 11.2. The van der Waals surface area contributed by atoms with Crippen molar-refractivity contribution in [3.05, 3.63) is 28.2 Å². The maximum Gasteiger partial charge on any atom is 0.250 e. The minimum Gasteiger partial charge on any atom is -0.308 e. The number of pyridine rings is 1. The van der Waals surface area contributed by atoms with Crippen molar-refractivity contribution in [2.24, 2.45) is 7.05 Å². The van der Waals surface area contributed by atoms with Crippen molar-refractivity contribution >= 4 is 11.0 Å². The second-order valence-corrected chi connectivity index (χ2v) is 2.81. The molecule has 2 aromatic rings. The zero-order valence-electron chi connectivity index (χ0n) is 6.96. The van der Waals surface area contributed by atoms with Crippen molar-refractivity contribution in [1.82, 2.24) is 14.8 Å². The van der Waals surface area contributed by atoms with Gasteiger partial charge in [0.05, 0.1) is 11.2 Å². The highest BCUT2D eigenvalue weighted by atomic mass is 16.1. The summed E-state index contributed by atoms with van der Waals surface area (Å²) in [6.45, 7) is 1.90. The number of hydrogen-bond donors (Lipinski definition) is 1. The Morgan fingerprint density at radius 3 is 3.00 bits per heavy atom. The van der Waals surface area contributed by atoms with Crippen LogP contribution < -0.4 is 5.56 Å². The molecule has 2 heterocycles. The monoisotopic (exact) mass is 163 g/mol. The number of H-pyrrole nitrogens is 1. The number of aromatic nitrogens is 3. The van der Waals surface area contributed by atoms with Gasteiger partial charge in [-0.05, 0) is 13.0 Å². The van der Waals surface area contributed by atoms with E-state index in [1.807, 2.05) is 6.92 Å². The number of aromatic amines is 1. The lowest BCUT2D eigenvalue weighted by Crippen LogP contribution is -2.14. The first-order chi connectivity index (χ1) is 5.70. The van der Waals surface area contributed by atoms with E-state index in [4.69, 9.17) is 0 Å². The summed E-state index contributed by atoms with van der Waals surface area (Å²) in [5.74, 6) is 0. The first-order valence-corrected chi connectivity index (χ1v) is 3.71. The molecule has 0 aliphatic rings. The fourth-order valence-corrected chi connectivity index (χ4v) is 1.35. The Labute approximate surface area is 68.8 Å². The molecule has 2 aromatic heterocycles. The zero-order valence-corrected chi connectivity index (χ0v) is 6.96. The van der Waals surface area contributed by atoms with Gasteiger partial charge in [-0.25, -0.2) is 0 Å². The minimum atomic E-state index is -0.00741. The Balaban J connectivity index is 3.06. The third-order valence-electron chi connectivity index (χ3n) is 1.99. The van der Waals surface area contributed by atoms with E-state index in [1.165, 1.54) is 6.07 Å². The summed E-state index contributed by atoms with van der Waals surface area (Å²) in [5, 5.41) is 6.87. The van der Waals surface area contributed by atoms with Gasteiger partial charge < -0.3 is 4.57 Å². The van der Waals surface area contributed by atoms with E-state index >= 15 is 0 Å². The van der Waals surface area contributed by atoms with Crippen molar-refractivity contribution in [2.45, 2.75) is 6.92 Å². The number of aryl methyl sites for hydroxylation is 2. The lowest BCUT2D eigenvalue weighted by Gasteiger charge is -1.97. The number of fused-ring (bicyclic) bond motifs is 1. The zero-order chi connectivity index (χ0) is 8.72. The largest absolute Gasteiger partial charge is 0.308 e. The average molecular weight is 163 g/mol. The van der Waals surface area contributed by atoms with Gasteiger partial charge >= 0.3 is 0 Å². The van der Waals surface area contributed by atoms with Crippen LogP contribution in [0.5, 0.6) is 0 Å². The number of nitrogens with one attached hydrogen (secondary N) is 1. The van der Waals surface area contributed by atoms with Crippen LogP contribution in [0.2, 0.25) is 0 Å².